The molecule has 2 N–H and O–H groups in total. The lowest BCUT2D eigenvalue weighted by Gasteiger charge is -2.27. The minimum atomic E-state index is -0.563. The molecule has 0 bridgehead atoms. The van der Waals surface area contributed by atoms with Crippen LogP contribution >= 0.6 is 11.8 Å². The predicted octanol–water partition coefficient (Wildman–Crippen LogP) is 5.65. The lowest BCUT2D eigenvalue weighted by atomic mass is 9.94. The number of hydrogen-bond acceptors (Lipinski definition) is 6. The van der Waals surface area contributed by atoms with E-state index in [0.717, 1.165) is 27.9 Å². The Morgan fingerprint density at radius 1 is 0.972 bits per heavy atom. The summed E-state index contributed by atoms with van der Waals surface area (Å²) < 4.78 is 5.43. The Labute approximate surface area is 215 Å². The van der Waals surface area contributed by atoms with Gasteiger partial charge in [-0.3, -0.25) is 4.79 Å². The third-order valence-corrected chi connectivity index (χ3v) is 6.43. The molecule has 0 radical (unpaired) electrons. The lowest BCUT2D eigenvalue weighted by Crippen LogP contribution is -2.31. The maximum atomic E-state index is 13.1. The number of aryl methyl sites for hydroxylation is 2. The van der Waals surface area contributed by atoms with Crippen molar-refractivity contribution in [2.45, 2.75) is 26.8 Å². The fourth-order valence-electron chi connectivity index (χ4n) is 4.11. The van der Waals surface area contributed by atoms with Crippen molar-refractivity contribution in [3.8, 4) is 0 Å². The summed E-state index contributed by atoms with van der Waals surface area (Å²) >= 11 is 1.30. The number of carbonyl (C=O) groups excluding carboxylic acids is 2. The molecule has 0 fully saturated rings. The molecule has 184 valence electrons. The number of hydrogen-bond donors (Lipinski definition) is 2. The average molecular weight is 500 g/mol. The van der Waals surface area contributed by atoms with Gasteiger partial charge in [-0.15, -0.1) is 0 Å². The number of anilines is 1. The number of rotatable bonds is 7. The van der Waals surface area contributed by atoms with Gasteiger partial charge in [-0.25, -0.2) is 9.79 Å². The van der Waals surface area contributed by atoms with Crippen LogP contribution < -0.4 is 10.6 Å². The van der Waals surface area contributed by atoms with Gasteiger partial charge in [0.05, 0.1) is 23.6 Å². The van der Waals surface area contributed by atoms with Crippen molar-refractivity contribution in [2.24, 2.45) is 4.99 Å². The van der Waals surface area contributed by atoms with Crippen molar-refractivity contribution >= 4 is 40.2 Å². The van der Waals surface area contributed by atoms with Gasteiger partial charge in [0.2, 0.25) is 5.91 Å². The average Bonchev–Trinajstić information content (AvgIpc) is 2.87. The van der Waals surface area contributed by atoms with Gasteiger partial charge in [0.25, 0.3) is 0 Å². The largest absolute Gasteiger partial charge is 0.463 e. The standard InChI is InChI=1S/C29H29N3O3S/c1-4-35-28(34)25-26(21-11-7-5-8-12-21)31-29(32-27(25)22-13-9-6-10-14-22)36-18-24(33)30-23-16-19(2)15-20(3)17-23/h5-17,26H,4,18H2,1-3H3,(H,30,33)(H,31,32)/t26-/m1/s1. The summed E-state index contributed by atoms with van der Waals surface area (Å²) in [5, 5.41) is 6.83. The van der Waals surface area contributed by atoms with Gasteiger partial charge in [-0.2, -0.15) is 0 Å². The molecular weight excluding hydrogens is 470 g/mol. The SMILES string of the molecule is CCOC(=O)C1=C(c2ccccc2)NC(SCC(=O)Nc2cc(C)cc(C)c2)=N[C@@H]1c1ccccc1. The summed E-state index contributed by atoms with van der Waals surface area (Å²) in [6.45, 7) is 6.05. The normalized spacial score (nSPS) is 15.1. The number of amidine groups is 1. The summed E-state index contributed by atoms with van der Waals surface area (Å²) in [4.78, 5) is 30.7. The molecule has 0 aromatic heterocycles. The molecule has 1 heterocycles. The van der Waals surface area contributed by atoms with Gasteiger partial charge >= 0.3 is 5.97 Å². The molecular formula is C29H29N3O3S. The Balaban J connectivity index is 1.63. The van der Waals surface area contributed by atoms with Crippen LogP contribution in [0.2, 0.25) is 0 Å². The van der Waals surface area contributed by atoms with E-state index in [1.54, 1.807) is 6.92 Å². The van der Waals surface area contributed by atoms with Crippen molar-refractivity contribution in [3.05, 3.63) is 107 Å². The van der Waals surface area contributed by atoms with Crippen molar-refractivity contribution < 1.29 is 14.3 Å². The minimum Gasteiger partial charge on any atom is -0.463 e. The summed E-state index contributed by atoms with van der Waals surface area (Å²) in [5.41, 5.74) is 5.74. The monoisotopic (exact) mass is 499 g/mol. The zero-order valence-corrected chi connectivity index (χ0v) is 21.4. The van der Waals surface area contributed by atoms with Crippen LogP contribution in [0.3, 0.4) is 0 Å². The zero-order valence-electron chi connectivity index (χ0n) is 20.6. The number of aliphatic imine (C=N–C) groups is 1. The minimum absolute atomic E-state index is 0.132. The molecule has 1 amide bonds. The second-order valence-electron chi connectivity index (χ2n) is 8.46. The Morgan fingerprint density at radius 2 is 1.61 bits per heavy atom. The number of nitrogens with zero attached hydrogens (tertiary/aromatic N) is 1. The Hall–Kier alpha value is -3.84. The van der Waals surface area contributed by atoms with E-state index in [2.05, 4.69) is 16.7 Å². The van der Waals surface area contributed by atoms with E-state index in [1.807, 2.05) is 86.6 Å². The second kappa shape index (κ2) is 11.7. The highest BCUT2D eigenvalue weighted by molar-refractivity contribution is 8.14. The fraction of sp³-hybridized carbons (Fsp3) is 0.207. The maximum Gasteiger partial charge on any atom is 0.338 e. The molecule has 4 rings (SSSR count). The molecule has 0 saturated carbocycles. The molecule has 0 spiro atoms. The summed E-state index contributed by atoms with van der Waals surface area (Å²) in [5.74, 6) is -0.387. The highest BCUT2D eigenvalue weighted by Gasteiger charge is 2.32. The highest BCUT2D eigenvalue weighted by Crippen LogP contribution is 2.36. The molecule has 36 heavy (non-hydrogen) atoms. The van der Waals surface area contributed by atoms with E-state index in [4.69, 9.17) is 9.73 Å². The first-order chi connectivity index (χ1) is 17.4. The number of amides is 1. The Kier molecular flexibility index (Phi) is 8.23. The Bertz CT molecular complexity index is 1280. The number of benzene rings is 3. The summed E-state index contributed by atoms with van der Waals surface area (Å²) in [6, 6.07) is 24.7. The molecule has 3 aromatic carbocycles. The summed E-state index contributed by atoms with van der Waals surface area (Å²) in [6.07, 6.45) is 0. The van der Waals surface area contributed by atoms with E-state index in [9.17, 15) is 9.59 Å². The van der Waals surface area contributed by atoms with Gasteiger partial charge in [0.1, 0.15) is 6.04 Å². The second-order valence-corrected chi connectivity index (χ2v) is 9.42. The number of nitrogens with one attached hydrogen (secondary N) is 2. The molecule has 7 heteroatoms. The van der Waals surface area contributed by atoms with Crippen LogP contribution in [0.25, 0.3) is 5.70 Å². The molecule has 0 aliphatic carbocycles. The van der Waals surface area contributed by atoms with Gasteiger partial charge in [-0.05, 0) is 55.2 Å². The molecule has 6 nitrogen and oxygen atoms in total. The summed E-state index contributed by atoms with van der Waals surface area (Å²) in [7, 11) is 0. The van der Waals surface area contributed by atoms with Crippen LogP contribution in [-0.4, -0.2) is 29.4 Å². The van der Waals surface area contributed by atoms with E-state index >= 15 is 0 Å². The van der Waals surface area contributed by atoms with Crippen LogP contribution in [0.15, 0.2) is 89.4 Å². The van der Waals surface area contributed by atoms with Crippen molar-refractivity contribution in [1.82, 2.24) is 5.32 Å². The first kappa shape index (κ1) is 25.3. The number of thioether (sulfide) groups is 1. The predicted molar refractivity (Wildman–Crippen MR) is 147 cm³/mol. The van der Waals surface area contributed by atoms with Crippen LogP contribution in [0, 0.1) is 13.8 Å². The highest BCUT2D eigenvalue weighted by atomic mass is 32.2. The van der Waals surface area contributed by atoms with Crippen molar-refractivity contribution in [1.29, 1.82) is 0 Å². The van der Waals surface area contributed by atoms with E-state index < -0.39 is 12.0 Å². The zero-order chi connectivity index (χ0) is 25.5. The van der Waals surface area contributed by atoms with Crippen LogP contribution in [-0.2, 0) is 14.3 Å². The quantitative estimate of drug-likeness (QED) is 0.411. The number of esters is 1. The van der Waals surface area contributed by atoms with E-state index in [-0.39, 0.29) is 18.3 Å². The lowest BCUT2D eigenvalue weighted by molar-refractivity contribution is -0.138. The van der Waals surface area contributed by atoms with Gasteiger partial charge in [-0.1, -0.05) is 78.5 Å². The third-order valence-electron chi connectivity index (χ3n) is 5.54. The smallest absolute Gasteiger partial charge is 0.338 e. The first-order valence-corrected chi connectivity index (χ1v) is 12.8. The molecule has 1 aliphatic rings. The van der Waals surface area contributed by atoms with E-state index in [0.29, 0.717) is 16.4 Å². The topological polar surface area (TPSA) is 79.8 Å². The van der Waals surface area contributed by atoms with Crippen molar-refractivity contribution in [2.75, 3.05) is 17.7 Å². The van der Waals surface area contributed by atoms with Crippen LogP contribution in [0.4, 0.5) is 5.69 Å². The molecule has 3 aromatic rings. The maximum absolute atomic E-state index is 13.1. The molecule has 0 unspecified atom stereocenters. The number of carbonyl (C=O) groups is 2. The molecule has 1 atom stereocenters. The van der Waals surface area contributed by atoms with Gasteiger partial charge < -0.3 is 15.4 Å². The molecule has 1 aliphatic heterocycles. The fourth-order valence-corrected chi connectivity index (χ4v) is 4.80. The third kappa shape index (κ3) is 6.23. The van der Waals surface area contributed by atoms with Crippen LogP contribution in [0.5, 0.6) is 0 Å². The van der Waals surface area contributed by atoms with Gasteiger partial charge in [0, 0.05) is 5.69 Å². The van der Waals surface area contributed by atoms with Gasteiger partial charge in [0.15, 0.2) is 5.17 Å². The molecule has 0 saturated heterocycles. The first-order valence-electron chi connectivity index (χ1n) is 11.8. The van der Waals surface area contributed by atoms with Crippen LogP contribution in [0.1, 0.15) is 35.2 Å². The number of ether oxygens (including phenoxy) is 1. The van der Waals surface area contributed by atoms with Crippen molar-refractivity contribution in [3.63, 3.8) is 0 Å². The van der Waals surface area contributed by atoms with E-state index in [1.165, 1.54) is 11.8 Å². The Morgan fingerprint density at radius 3 is 2.25 bits per heavy atom.